The maximum absolute atomic E-state index is 13.3. The average Bonchev–Trinajstić information content (AvgIpc) is 3.26. The lowest BCUT2D eigenvalue weighted by molar-refractivity contribution is -0.123. The summed E-state index contributed by atoms with van der Waals surface area (Å²) in [5.41, 5.74) is 2.44. The first-order valence-electron chi connectivity index (χ1n) is 10.8. The van der Waals surface area contributed by atoms with E-state index in [1.165, 1.54) is 17.0 Å². The Kier molecular flexibility index (Phi) is 5.92. The molecule has 176 valence electrons. The van der Waals surface area contributed by atoms with Gasteiger partial charge in [-0.1, -0.05) is 29.8 Å². The first-order chi connectivity index (χ1) is 16.9. The highest BCUT2D eigenvalue weighted by atomic mass is 35.5. The lowest BCUT2D eigenvalue weighted by Gasteiger charge is -2.34. The zero-order valence-electron chi connectivity index (χ0n) is 18.2. The second-order valence-corrected chi connectivity index (χ2v) is 8.54. The van der Waals surface area contributed by atoms with Gasteiger partial charge < -0.3 is 20.5 Å². The molecule has 4 aromatic rings. The first-order valence-corrected chi connectivity index (χ1v) is 11.1. The standard InChI is InChI=1S/C25H19ClFN5O3/c26-16-5-7-18-15(9-16)11-19(29-18)24(34)30-20-10-14-3-1-2-4-21(14)32(25(20)35)13-23(33)31-22-8-6-17(27)12-28-22/h1-9,11-12,20,29H,10,13H2,(H,30,34)(H,28,31,33). The number of para-hydroxylation sites is 1. The van der Waals surface area contributed by atoms with Crippen LogP contribution in [-0.4, -0.2) is 40.3 Å². The fraction of sp³-hybridized carbons (Fsp3) is 0.120. The number of nitrogens with zero attached hydrogens (tertiary/aromatic N) is 2. The van der Waals surface area contributed by atoms with Gasteiger partial charge >= 0.3 is 0 Å². The third-order valence-corrected chi connectivity index (χ3v) is 5.94. The molecule has 0 fully saturated rings. The van der Waals surface area contributed by atoms with E-state index in [0.717, 1.165) is 22.7 Å². The highest BCUT2D eigenvalue weighted by Gasteiger charge is 2.35. The number of aromatic amines is 1. The second-order valence-electron chi connectivity index (χ2n) is 8.11. The Bertz CT molecular complexity index is 1450. The minimum absolute atomic E-state index is 0.165. The molecule has 0 saturated carbocycles. The van der Waals surface area contributed by atoms with Crippen molar-refractivity contribution < 1.29 is 18.8 Å². The van der Waals surface area contributed by atoms with E-state index in [2.05, 4.69) is 20.6 Å². The van der Waals surface area contributed by atoms with Crippen molar-refractivity contribution in [3.63, 3.8) is 0 Å². The molecule has 0 aliphatic carbocycles. The van der Waals surface area contributed by atoms with Crippen LogP contribution in [0.2, 0.25) is 5.02 Å². The Morgan fingerprint density at radius 1 is 1.14 bits per heavy atom. The molecule has 3 N–H and O–H groups in total. The molecule has 0 bridgehead atoms. The molecule has 1 atom stereocenters. The van der Waals surface area contributed by atoms with Gasteiger partial charge in [0.2, 0.25) is 11.8 Å². The zero-order valence-corrected chi connectivity index (χ0v) is 19.0. The zero-order chi connectivity index (χ0) is 24.5. The number of hydrogen-bond acceptors (Lipinski definition) is 4. The molecule has 0 spiro atoms. The Hall–Kier alpha value is -4.24. The fourth-order valence-electron chi connectivity index (χ4n) is 4.07. The van der Waals surface area contributed by atoms with Crippen molar-refractivity contribution in [1.29, 1.82) is 0 Å². The van der Waals surface area contributed by atoms with Crippen molar-refractivity contribution in [2.24, 2.45) is 0 Å². The van der Waals surface area contributed by atoms with Crippen LogP contribution < -0.4 is 15.5 Å². The smallest absolute Gasteiger partial charge is 0.268 e. The number of H-pyrrole nitrogens is 1. The number of carbonyl (C=O) groups is 3. The molecule has 2 aromatic heterocycles. The molecule has 1 aliphatic heterocycles. The van der Waals surface area contributed by atoms with Crippen LogP contribution in [0.25, 0.3) is 10.9 Å². The summed E-state index contributed by atoms with van der Waals surface area (Å²) in [4.78, 5) is 47.1. The van der Waals surface area contributed by atoms with E-state index in [1.807, 2.05) is 12.1 Å². The number of amides is 3. The van der Waals surface area contributed by atoms with Crippen molar-refractivity contribution >= 4 is 51.7 Å². The average molecular weight is 492 g/mol. The Morgan fingerprint density at radius 2 is 1.97 bits per heavy atom. The topological polar surface area (TPSA) is 107 Å². The van der Waals surface area contributed by atoms with Crippen LogP contribution in [0.3, 0.4) is 0 Å². The number of carbonyl (C=O) groups excluding carboxylic acids is 3. The van der Waals surface area contributed by atoms with Crippen LogP contribution in [0.1, 0.15) is 16.1 Å². The molecular weight excluding hydrogens is 473 g/mol. The number of benzene rings is 2. The van der Waals surface area contributed by atoms with E-state index in [0.29, 0.717) is 16.4 Å². The predicted octanol–water partition coefficient (Wildman–Crippen LogP) is 3.68. The van der Waals surface area contributed by atoms with Gasteiger partial charge in [0.05, 0.1) is 6.20 Å². The molecule has 35 heavy (non-hydrogen) atoms. The van der Waals surface area contributed by atoms with Gasteiger partial charge in [0, 0.05) is 28.0 Å². The van der Waals surface area contributed by atoms with E-state index in [9.17, 15) is 18.8 Å². The number of fused-ring (bicyclic) bond motifs is 2. The Labute approximate surface area is 204 Å². The van der Waals surface area contributed by atoms with Gasteiger partial charge in [0.1, 0.15) is 29.9 Å². The van der Waals surface area contributed by atoms with Gasteiger partial charge in [-0.25, -0.2) is 9.37 Å². The molecule has 3 amide bonds. The monoisotopic (exact) mass is 491 g/mol. The molecule has 2 aromatic carbocycles. The molecular formula is C25H19ClFN5O3. The summed E-state index contributed by atoms with van der Waals surface area (Å²) < 4.78 is 13.1. The third kappa shape index (κ3) is 4.71. The van der Waals surface area contributed by atoms with E-state index in [1.54, 1.807) is 36.4 Å². The van der Waals surface area contributed by atoms with Crippen molar-refractivity contribution in [2.45, 2.75) is 12.5 Å². The van der Waals surface area contributed by atoms with Crippen molar-refractivity contribution in [3.8, 4) is 0 Å². The molecule has 0 radical (unpaired) electrons. The maximum atomic E-state index is 13.3. The lowest BCUT2D eigenvalue weighted by atomic mass is 9.97. The number of rotatable bonds is 5. The molecule has 10 heteroatoms. The van der Waals surface area contributed by atoms with Gasteiger partial charge in [-0.05, 0) is 48.0 Å². The summed E-state index contributed by atoms with van der Waals surface area (Å²) in [6, 6.07) is 15.7. The van der Waals surface area contributed by atoms with Crippen molar-refractivity contribution in [3.05, 3.63) is 89.0 Å². The highest BCUT2D eigenvalue weighted by molar-refractivity contribution is 6.31. The molecule has 1 unspecified atom stereocenters. The molecule has 8 nitrogen and oxygen atoms in total. The van der Waals surface area contributed by atoms with Crippen LogP contribution in [0.15, 0.2) is 66.9 Å². The van der Waals surface area contributed by atoms with E-state index in [4.69, 9.17) is 11.6 Å². The van der Waals surface area contributed by atoms with Crippen LogP contribution in [0.5, 0.6) is 0 Å². The number of hydrogen-bond donors (Lipinski definition) is 3. The van der Waals surface area contributed by atoms with E-state index < -0.39 is 29.6 Å². The summed E-state index contributed by atoms with van der Waals surface area (Å²) in [6.45, 7) is -0.299. The number of pyridine rings is 1. The van der Waals surface area contributed by atoms with Crippen molar-refractivity contribution in [2.75, 3.05) is 16.8 Å². The quantitative estimate of drug-likeness (QED) is 0.396. The number of anilines is 2. The van der Waals surface area contributed by atoms with Crippen LogP contribution in [0, 0.1) is 5.82 Å². The fourth-order valence-corrected chi connectivity index (χ4v) is 4.25. The second kappa shape index (κ2) is 9.19. The Morgan fingerprint density at radius 3 is 2.77 bits per heavy atom. The normalized spacial score (nSPS) is 15.1. The summed E-state index contributed by atoms with van der Waals surface area (Å²) in [6.07, 6.45) is 1.27. The van der Waals surface area contributed by atoms with Gasteiger partial charge in [-0.3, -0.25) is 14.4 Å². The predicted molar refractivity (Wildman–Crippen MR) is 130 cm³/mol. The summed E-state index contributed by atoms with van der Waals surface area (Å²) >= 11 is 6.03. The number of nitrogens with one attached hydrogen (secondary N) is 3. The number of aromatic nitrogens is 2. The first kappa shape index (κ1) is 22.5. The Balaban J connectivity index is 1.35. The van der Waals surface area contributed by atoms with E-state index >= 15 is 0 Å². The SMILES string of the molecule is O=C(CN1C(=O)C(NC(=O)c2cc3cc(Cl)ccc3[nH]2)Cc2ccccc21)Nc1ccc(F)cn1. The molecule has 0 saturated heterocycles. The van der Waals surface area contributed by atoms with Crippen molar-refractivity contribution in [1.82, 2.24) is 15.3 Å². The van der Waals surface area contributed by atoms with Crippen LogP contribution in [-0.2, 0) is 16.0 Å². The third-order valence-electron chi connectivity index (χ3n) is 5.70. The van der Waals surface area contributed by atoms with Gasteiger partial charge in [-0.2, -0.15) is 0 Å². The van der Waals surface area contributed by atoms with Crippen LogP contribution >= 0.6 is 11.6 Å². The van der Waals surface area contributed by atoms with Gasteiger partial charge in [0.15, 0.2) is 0 Å². The van der Waals surface area contributed by atoms with Crippen LogP contribution in [0.4, 0.5) is 15.9 Å². The minimum atomic E-state index is -0.871. The maximum Gasteiger partial charge on any atom is 0.268 e. The molecule has 3 heterocycles. The molecule has 1 aliphatic rings. The molecule has 5 rings (SSSR count). The summed E-state index contributed by atoms with van der Waals surface area (Å²) in [5.74, 6) is -1.74. The summed E-state index contributed by atoms with van der Waals surface area (Å²) in [7, 11) is 0. The lowest BCUT2D eigenvalue weighted by Crippen LogP contribution is -2.54. The highest BCUT2D eigenvalue weighted by Crippen LogP contribution is 2.28. The van der Waals surface area contributed by atoms with Gasteiger partial charge in [0.25, 0.3) is 5.91 Å². The van der Waals surface area contributed by atoms with Gasteiger partial charge in [-0.15, -0.1) is 0 Å². The number of halogens is 2. The minimum Gasteiger partial charge on any atom is -0.351 e. The summed E-state index contributed by atoms with van der Waals surface area (Å²) in [5, 5.41) is 6.66. The largest absolute Gasteiger partial charge is 0.351 e. The van der Waals surface area contributed by atoms with E-state index in [-0.39, 0.29) is 18.8 Å².